The fourth-order valence-electron chi connectivity index (χ4n) is 5.02. The fourth-order valence-corrected chi connectivity index (χ4v) is 5.02. The first-order valence-electron chi connectivity index (χ1n) is 11.1. The molecule has 29 heavy (non-hydrogen) atoms. The third kappa shape index (κ3) is 4.53. The van der Waals surface area contributed by atoms with Gasteiger partial charge in [-0.05, 0) is 50.9 Å². The van der Waals surface area contributed by atoms with Gasteiger partial charge in [0.25, 0.3) is 5.56 Å². The van der Waals surface area contributed by atoms with Crippen LogP contribution in [-0.2, 0) is 11.3 Å². The number of benzene rings is 1. The molecule has 0 unspecified atom stereocenters. The Labute approximate surface area is 172 Å². The summed E-state index contributed by atoms with van der Waals surface area (Å²) >= 11 is 0. The number of para-hydroxylation sites is 1. The molecule has 1 aliphatic carbocycles. The summed E-state index contributed by atoms with van der Waals surface area (Å²) in [6.45, 7) is 3.41. The molecule has 0 spiro atoms. The number of aryl methyl sites for hydroxylation is 1. The first kappa shape index (κ1) is 20.1. The van der Waals surface area contributed by atoms with Crippen molar-refractivity contribution in [2.45, 2.75) is 69.9 Å². The molecule has 156 valence electrons. The zero-order valence-corrected chi connectivity index (χ0v) is 17.2. The Kier molecular flexibility index (Phi) is 6.28. The Hall–Kier alpha value is -2.21. The first-order chi connectivity index (χ1) is 14.2. The molecule has 2 aliphatic rings. The van der Waals surface area contributed by atoms with Crippen molar-refractivity contribution in [3.05, 3.63) is 40.9 Å². The van der Waals surface area contributed by atoms with Crippen molar-refractivity contribution in [1.29, 1.82) is 0 Å². The summed E-state index contributed by atoms with van der Waals surface area (Å²) in [5.41, 5.74) is 0.745. The van der Waals surface area contributed by atoms with Gasteiger partial charge in [-0.2, -0.15) is 0 Å². The average molecular weight is 397 g/mol. The molecule has 1 amide bonds. The standard InChI is InChI=1S/C23H32N4O2/c28-21(11-16-26-18-25-20-10-4-3-9-19(20)22(26)29)24-17-23(12-5-1-6-13-23)27-14-7-2-8-15-27/h3-4,9-10,18H,1-2,5-8,11-17H2,(H,24,28). The molecule has 2 heterocycles. The van der Waals surface area contributed by atoms with Crippen LogP contribution in [0.2, 0.25) is 0 Å². The maximum absolute atomic E-state index is 12.6. The predicted molar refractivity (Wildman–Crippen MR) is 115 cm³/mol. The number of piperidine rings is 1. The normalized spacial score (nSPS) is 19.9. The number of nitrogens with zero attached hydrogens (tertiary/aromatic N) is 3. The Balaban J connectivity index is 1.36. The highest BCUT2D eigenvalue weighted by atomic mass is 16.2. The molecule has 1 saturated carbocycles. The van der Waals surface area contributed by atoms with Crippen molar-refractivity contribution in [1.82, 2.24) is 19.8 Å². The van der Waals surface area contributed by atoms with Crippen molar-refractivity contribution in [2.75, 3.05) is 19.6 Å². The van der Waals surface area contributed by atoms with Crippen LogP contribution >= 0.6 is 0 Å². The van der Waals surface area contributed by atoms with Crippen LogP contribution in [0.5, 0.6) is 0 Å². The van der Waals surface area contributed by atoms with Crippen molar-refractivity contribution in [3.63, 3.8) is 0 Å². The van der Waals surface area contributed by atoms with E-state index in [1.807, 2.05) is 18.2 Å². The van der Waals surface area contributed by atoms with Crippen LogP contribution in [0.3, 0.4) is 0 Å². The van der Waals surface area contributed by atoms with E-state index in [1.54, 1.807) is 17.0 Å². The highest BCUT2D eigenvalue weighted by molar-refractivity contribution is 5.77. The molecular formula is C23H32N4O2. The maximum Gasteiger partial charge on any atom is 0.261 e. The summed E-state index contributed by atoms with van der Waals surface area (Å²) < 4.78 is 1.54. The van der Waals surface area contributed by atoms with Crippen LogP contribution in [0, 0.1) is 0 Å². The van der Waals surface area contributed by atoms with Gasteiger partial charge >= 0.3 is 0 Å². The molecule has 1 saturated heterocycles. The zero-order chi connectivity index (χ0) is 20.1. The summed E-state index contributed by atoms with van der Waals surface area (Å²) in [6, 6.07) is 7.33. The molecule has 1 N–H and O–H groups in total. The lowest BCUT2D eigenvalue weighted by atomic mass is 9.79. The van der Waals surface area contributed by atoms with Gasteiger partial charge in [0.1, 0.15) is 0 Å². The second kappa shape index (κ2) is 9.08. The van der Waals surface area contributed by atoms with Crippen LogP contribution in [0.25, 0.3) is 10.9 Å². The average Bonchev–Trinajstić information content (AvgIpc) is 2.79. The molecule has 6 heteroatoms. The number of aromatic nitrogens is 2. The first-order valence-corrected chi connectivity index (χ1v) is 11.1. The monoisotopic (exact) mass is 396 g/mol. The van der Waals surface area contributed by atoms with Gasteiger partial charge in [0, 0.05) is 25.0 Å². The minimum Gasteiger partial charge on any atom is -0.354 e. The smallest absolute Gasteiger partial charge is 0.261 e. The molecule has 2 fully saturated rings. The number of amides is 1. The van der Waals surface area contributed by atoms with Gasteiger partial charge in [0.05, 0.1) is 17.2 Å². The number of carbonyl (C=O) groups excluding carboxylic acids is 1. The van der Waals surface area contributed by atoms with E-state index in [1.165, 1.54) is 51.4 Å². The van der Waals surface area contributed by atoms with Gasteiger partial charge in [-0.15, -0.1) is 0 Å². The van der Waals surface area contributed by atoms with Gasteiger partial charge < -0.3 is 5.32 Å². The number of nitrogens with one attached hydrogen (secondary N) is 1. The lowest BCUT2D eigenvalue weighted by molar-refractivity contribution is -0.122. The highest BCUT2D eigenvalue weighted by Crippen LogP contribution is 2.35. The van der Waals surface area contributed by atoms with E-state index in [4.69, 9.17) is 0 Å². The van der Waals surface area contributed by atoms with Gasteiger partial charge in [0.15, 0.2) is 0 Å². The number of likely N-dealkylation sites (tertiary alicyclic amines) is 1. The van der Waals surface area contributed by atoms with Crippen LogP contribution in [-0.4, -0.2) is 45.5 Å². The van der Waals surface area contributed by atoms with E-state index >= 15 is 0 Å². The molecule has 0 bridgehead atoms. The summed E-state index contributed by atoms with van der Waals surface area (Å²) in [5.74, 6) is 0.0204. The van der Waals surface area contributed by atoms with E-state index in [0.29, 0.717) is 23.9 Å². The third-order valence-corrected chi connectivity index (χ3v) is 6.74. The molecular weight excluding hydrogens is 364 g/mol. The molecule has 0 radical (unpaired) electrons. The van der Waals surface area contributed by atoms with Gasteiger partial charge in [-0.1, -0.05) is 37.8 Å². The summed E-state index contributed by atoms with van der Waals surface area (Å²) in [5, 5.41) is 3.80. The predicted octanol–water partition coefficient (Wildman–Crippen LogP) is 3.09. The third-order valence-electron chi connectivity index (χ3n) is 6.74. The SMILES string of the molecule is O=C(CCn1cnc2ccccc2c1=O)NCC1(N2CCCCC2)CCCCC1. The van der Waals surface area contributed by atoms with E-state index in [-0.39, 0.29) is 17.0 Å². The maximum atomic E-state index is 12.6. The number of fused-ring (bicyclic) bond motifs is 1. The molecule has 0 atom stereocenters. The molecule has 1 aromatic heterocycles. The van der Waals surface area contributed by atoms with E-state index in [2.05, 4.69) is 15.2 Å². The Morgan fingerprint density at radius 1 is 1.03 bits per heavy atom. The van der Waals surface area contributed by atoms with Crippen LogP contribution < -0.4 is 10.9 Å². The summed E-state index contributed by atoms with van der Waals surface area (Å²) in [4.78, 5) is 32.2. The fraction of sp³-hybridized carbons (Fsp3) is 0.609. The van der Waals surface area contributed by atoms with Crippen molar-refractivity contribution >= 4 is 16.8 Å². The molecule has 2 aromatic rings. The summed E-state index contributed by atoms with van der Waals surface area (Å²) in [6.07, 6.45) is 11.9. The highest BCUT2D eigenvalue weighted by Gasteiger charge is 2.38. The lowest BCUT2D eigenvalue weighted by Gasteiger charge is -2.48. The Bertz CT molecular complexity index is 895. The number of hydrogen-bond donors (Lipinski definition) is 1. The molecule has 1 aliphatic heterocycles. The second-order valence-corrected chi connectivity index (χ2v) is 8.62. The quantitative estimate of drug-likeness (QED) is 0.815. The minimum atomic E-state index is -0.0829. The Morgan fingerprint density at radius 3 is 2.55 bits per heavy atom. The number of carbonyl (C=O) groups is 1. The van der Waals surface area contributed by atoms with Crippen molar-refractivity contribution in [3.8, 4) is 0 Å². The minimum absolute atomic E-state index is 0.0204. The van der Waals surface area contributed by atoms with Gasteiger partial charge in [-0.3, -0.25) is 19.1 Å². The van der Waals surface area contributed by atoms with Gasteiger partial charge in [0.2, 0.25) is 5.91 Å². The molecule has 1 aromatic carbocycles. The topological polar surface area (TPSA) is 67.2 Å². The van der Waals surface area contributed by atoms with E-state index in [9.17, 15) is 9.59 Å². The van der Waals surface area contributed by atoms with Gasteiger partial charge in [-0.25, -0.2) is 4.98 Å². The van der Waals surface area contributed by atoms with E-state index in [0.717, 1.165) is 19.6 Å². The van der Waals surface area contributed by atoms with Crippen LogP contribution in [0.1, 0.15) is 57.8 Å². The lowest BCUT2D eigenvalue weighted by Crippen LogP contribution is -2.58. The number of rotatable bonds is 6. The van der Waals surface area contributed by atoms with Crippen LogP contribution in [0.15, 0.2) is 35.4 Å². The Morgan fingerprint density at radius 2 is 1.76 bits per heavy atom. The molecule has 6 nitrogen and oxygen atoms in total. The van der Waals surface area contributed by atoms with Crippen molar-refractivity contribution in [2.24, 2.45) is 0 Å². The largest absolute Gasteiger partial charge is 0.354 e. The second-order valence-electron chi connectivity index (χ2n) is 8.62. The molecule has 4 rings (SSSR count). The van der Waals surface area contributed by atoms with E-state index < -0.39 is 0 Å². The number of hydrogen-bond acceptors (Lipinski definition) is 4. The summed E-state index contributed by atoms with van der Waals surface area (Å²) in [7, 11) is 0. The van der Waals surface area contributed by atoms with Crippen LogP contribution in [0.4, 0.5) is 0 Å². The van der Waals surface area contributed by atoms with Crippen molar-refractivity contribution < 1.29 is 4.79 Å². The zero-order valence-electron chi connectivity index (χ0n) is 17.2.